The molecule has 0 fully saturated rings. The van der Waals surface area contributed by atoms with E-state index in [1.807, 2.05) is 0 Å². The number of aryl methyl sites for hydroxylation is 1. The molecule has 73 heavy (non-hydrogen) atoms. The van der Waals surface area contributed by atoms with Crippen LogP contribution in [0.25, 0.3) is 0 Å². The number of alkyl halides is 35. The van der Waals surface area contributed by atoms with Crippen LogP contribution in [0.4, 0.5) is 165 Å². The Balaban J connectivity index is 4.36. The van der Waals surface area contributed by atoms with Crippen molar-refractivity contribution in [1.29, 1.82) is 0 Å². The van der Waals surface area contributed by atoms with Gasteiger partial charge in [-0.3, -0.25) is 9.59 Å². The summed E-state index contributed by atoms with van der Waals surface area (Å²) in [6.07, 6.45) is -8.12. The molecule has 1 rings (SSSR count). The molecule has 0 aromatic heterocycles. The maximum Gasteiger partial charge on any atom is 0.460 e. The van der Waals surface area contributed by atoms with Crippen molar-refractivity contribution in [3.8, 4) is 0 Å². The number of nitrogens with zero attached hydrogens (tertiary/aromatic N) is 2. The van der Waals surface area contributed by atoms with Gasteiger partial charge < -0.3 is 10.1 Å². The minimum absolute atomic E-state index is 0.0888. The highest BCUT2D eigenvalue weighted by atomic mass is 19.4. The summed E-state index contributed by atoms with van der Waals surface area (Å²) in [5.74, 6) is -163. The minimum Gasteiger partial charge on any atom is -0.445 e. The zero-order valence-electron chi connectivity index (χ0n) is 32.9. The van der Waals surface area contributed by atoms with Crippen molar-refractivity contribution in [3.05, 3.63) is 22.8 Å². The first-order valence-electron chi connectivity index (χ1n) is 16.5. The number of amides is 1. The van der Waals surface area contributed by atoms with E-state index in [2.05, 4.69) is 14.7 Å². The van der Waals surface area contributed by atoms with Crippen LogP contribution in [-0.2, 0) is 25.0 Å². The molecule has 1 aromatic carbocycles. The summed E-state index contributed by atoms with van der Waals surface area (Å²) in [6, 6.07) is -0.0985. The maximum absolute atomic E-state index is 15.7. The number of esters is 1. The van der Waals surface area contributed by atoms with Crippen LogP contribution in [0.3, 0.4) is 0 Å². The predicted molar refractivity (Wildman–Crippen MR) is 155 cm³/mol. The third kappa shape index (κ3) is 8.48. The second kappa shape index (κ2) is 18.1. The van der Waals surface area contributed by atoms with Gasteiger partial charge in [0, 0.05) is 6.92 Å². The Morgan fingerprint density at radius 1 is 0.452 bits per heavy atom. The van der Waals surface area contributed by atoms with Gasteiger partial charge in [-0.1, -0.05) is 0 Å². The molecule has 0 bridgehead atoms. The molecule has 0 aliphatic rings. The molecule has 0 heterocycles. The Labute approximate surface area is 373 Å². The number of ether oxygens (including phenoxy) is 1. The quantitative estimate of drug-likeness (QED) is 0.0433. The lowest BCUT2D eigenvalue weighted by molar-refractivity contribution is -0.492. The van der Waals surface area contributed by atoms with Crippen LogP contribution in [0.5, 0.6) is 0 Å². The van der Waals surface area contributed by atoms with Gasteiger partial charge in [-0.05, 0) is 18.6 Å². The molecule has 1 N–H and O–H groups in total. The van der Waals surface area contributed by atoms with E-state index in [4.69, 9.17) is 0 Å². The van der Waals surface area contributed by atoms with E-state index >= 15 is 17.6 Å². The molecule has 0 radical (unpaired) electrons. The Kier molecular flexibility index (Phi) is 16.2. The second-order valence-corrected chi connectivity index (χ2v) is 13.7. The largest absolute Gasteiger partial charge is 0.460 e. The maximum atomic E-state index is 15.7. The van der Waals surface area contributed by atoms with Crippen LogP contribution in [0.2, 0.25) is 0 Å². The lowest BCUT2D eigenvalue weighted by atomic mass is 9.81. The summed E-state index contributed by atoms with van der Waals surface area (Å²) in [5.41, 5.74) is -12.6. The number of hydrogen-bond acceptors (Lipinski definition) is 7. The fourth-order valence-corrected chi connectivity index (χ4v) is 5.04. The molecule has 0 aliphatic carbocycles. The molecule has 0 spiro atoms. The SMILES string of the molecule is CC(=O)OCNC(=O)c1c(N=C=O)cc(C)c(N=C=O)c1C(F)(F)C(F)(F)C(F)(F)C(F)(F)C(F)(F)C(F)(F)C(F)(F)C(F)(F)C(F)(F)C(F)(F)C(F)(F)C(F)(F)C(F)(F)C(F)(F)C(F)(F)C(F)(F)C(F)(F)F. The highest BCUT2D eigenvalue weighted by Gasteiger charge is 3.02. The van der Waals surface area contributed by atoms with Crippen LogP contribution >= 0.6 is 0 Å². The summed E-state index contributed by atoms with van der Waals surface area (Å²) in [5, 5.41) is 1.03. The van der Waals surface area contributed by atoms with Crippen molar-refractivity contribution in [3.63, 3.8) is 0 Å². The second-order valence-electron chi connectivity index (χ2n) is 13.7. The van der Waals surface area contributed by atoms with Gasteiger partial charge in [0.25, 0.3) is 5.91 Å². The van der Waals surface area contributed by atoms with Crippen LogP contribution < -0.4 is 5.32 Å². The molecule has 1 aromatic rings. The average molecular weight is 1160 g/mol. The van der Waals surface area contributed by atoms with Gasteiger partial charge in [-0.25, -0.2) is 9.59 Å². The van der Waals surface area contributed by atoms with Crippen molar-refractivity contribution in [1.82, 2.24) is 5.32 Å². The Morgan fingerprint density at radius 3 is 0.959 bits per heavy atom. The number of isocyanates is 2. The topological polar surface area (TPSA) is 114 Å². The summed E-state index contributed by atoms with van der Waals surface area (Å²) >= 11 is 0. The number of nitrogens with one attached hydrogen (secondary N) is 1. The van der Waals surface area contributed by atoms with E-state index in [0.717, 1.165) is 5.32 Å². The van der Waals surface area contributed by atoms with E-state index in [1.165, 1.54) is 0 Å². The number of rotatable bonds is 21. The van der Waals surface area contributed by atoms with E-state index in [1.54, 1.807) is 0 Å². The molecular formula is C30H10F35N3O5. The van der Waals surface area contributed by atoms with E-state index < -0.39 is 148 Å². The van der Waals surface area contributed by atoms with Crippen LogP contribution in [0.15, 0.2) is 16.1 Å². The first-order valence-corrected chi connectivity index (χ1v) is 16.5. The van der Waals surface area contributed by atoms with Crippen LogP contribution in [0.1, 0.15) is 28.4 Å². The third-order valence-corrected chi connectivity index (χ3v) is 9.11. The van der Waals surface area contributed by atoms with E-state index in [9.17, 15) is 155 Å². The van der Waals surface area contributed by atoms with Crippen molar-refractivity contribution in [2.24, 2.45) is 9.98 Å². The van der Waals surface area contributed by atoms with Crippen molar-refractivity contribution >= 4 is 35.4 Å². The number of carbonyl (C=O) groups excluding carboxylic acids is 4. The molecule has 43 heteroatoms. The molecule has 1 amide bonds. The van der Waals surface area contributed by atoms with Crippen molar-refractivity contribution in [2.45, 2.75) is 115 Å². The van der Waals surface area contributed by atoms with Gasteiger partial charge in [0.15, 0.2) is 6.73 Å². The van der Waals surface area contributed by atoms with Gasteiger partial charge in [-0.2, -0.15) is 164 Å². The zero-order chi connectivity index (χ0) is 59.2. The number of aliphatic imine (C=N–C) groups is 2. The third-order valence-electron chi connectivity index (χ3n) is 9.11. The Bertz CT molecular complexity index is 2390. The van der Waals surface area contributed by atoms with E-state index in [-0.39, 0.29) is 25.1 Å². The number of halogens is 35. The number of benzene rings is 1. The van der Waals surface area contributed by atoms with Gasteiger partial charge >= 0.3 is 107 Å². The number of carbonyl (C=O) groups is 2. The molecule has 0 saturated heterocycles. The fourth-order valence-electron chi connectivity index (χ4n) is 5.04. The molecule has 0 saturated carbocycles. The van der Waals surface area contributed by atoms with Gasteiger partial charge in [-0.15, -0.1) is 0 Å². The molecule has 0 aliphatic heterocycles. The smallest absolute Gasteiger partial charge is 0.445 e. The zero-order valence-corrected chi connectivity index (χ0v) is 32.9. The summed E-state index contributed by atoms with van der Waals surface area (Å²) in [6.45, 7) is -1.18. The summed E-state index contributed by atoms with van der Waals surface area (Å²) in [4.78, 5) is 49.9. The predicted octanol–water partition coefficient (Wildman–Crippen LogP) is 12.4. The van der Waals surface area contributed by atoms with Crippen molar-refractivity contribution < 1.29 is 178 Å². The minimum atomic E-state index is -10.5. The van der Waals surface area contributed by atoms with Gasteiger partial charge in [0.05, 0.1) is 22.5 Å². The standard InChI is InChI=1S/C30H10F35N3O5/c1-7-3-9(66-4-69)10(13(72)68-6-73-8(2)71)11(12(7)67-5-70)14(31,32)15(33,34)16(35,36)17(37,38)18(39,40)19(41,42)20(43,44)21(45,46)22(47,48)23(49,50)24(51,52)25(53,54)26(55,56)27(57,58)28(59,60)29(61,62)30(63,64)65/h3H,6H2,1-2H3,(H,68,72). The normalized spacial score (nSPS) is 15.4. The van der Waals surface area contributed by atoms with E-state index in [0.29, 0.717) is 6.92 Å². The monoisotopic (exact) mass is 1160 g/mol. The summed E-state index contributed by atoms with van der Waals surface area (Å²) < 4.78 is 499. The van der Waals surface area contributed by atoms with Gasteiger partial charge in [0.1, 0.15) is 0 Å². The first kappa shape index (κ1) is 65.5. The van der Waals surface area contributed by atoms with Gasteiger partial charge in [0.2, 0.25) is 12.2 Å². The molecule has 0 unspecified atom stereocenters. The number of hydrogen-bond donors (Lipinski definition) is 1. The Morgan fingerprint density at radius 2 is 0.712 bits per heavy atom. The fraction of sp³-hybridized carbons (Fsp3) is 0.667. The average Bonchev–Trinajstić information content (AvgIpc) is 3.19. The van der Waals surface area contributed by atoms with Crippen LogP contribution in [-0.4, -0.2) is 126 Å². The highest BCUT2D eigenvalue weighted by molar-refractivity contribution is 6.03. The summed E-state index contributed by atoms with van der Waals surface area (Å²) in [7, 11) is 0. The van der Waals surface area contributed by atoms with Crippen LogP contribution in [0, 0.1) is 6.92 Å². The lowest BCUT2D eigenvalue weighted by Gasteiger charge is -2.47. The molecule has 0 atom stereocenters. The highest BCUT2D eigenvalue weighted by Crippen LogP contribution is 2.71. The Hall–Kier alpha value is -5.53. The molecular weight excluding hydrogens is 1150 g/mol. The lowest BCUT2D eigenvalue weighted by Crippen LogP contribution is -2.80. The van der Waals surface area contributed by atoms with Crippen molar-refractivity contribution in [2.75, 3.05) is 6.73 Å². The first-order chi connectivity index (χ1) is 31.6. The molecule has 8 nitrogen and oxygen atoms in total. The molecule has 420 valence electrons.